The Morgan fingerprint density at radius 3 is 2.07 bits per heavy atom. The van der Waals surface area contributed by atoms with Gasteiger partial charge in [0.25, 0.3) is 0 Å². The molecule has 166 valence electrons. The fourth-order valence-electron chi connectivity index (χ4n) is 2.41. The SMILES string of the molecule is Nc1ccn([C@@H]2O[C@H](COP(=O)(O)O)[C@@H](OP(=O)(O)O)[C@H]2OP(=O)(O)O)c(=O)n1. The standard InChI is InChI=1S/C9H16N3O14P3/c10-5-1-2-12(9(13)11-5)8-7(26-29(20,21)22)6(25-28(17,18)19)4(24-8)3-23-27(14,15)16/h1-2,4,6-8H,3H2,(H2,10,11,13)(H2,14,15,16)(H2,17,18,19)(H2,20,21,22)/t4-,6-,7-,8-/m1/s1. The summed E-state index contributed by atoms with van der Waals surface area (Å²) in [6, 6.07) is 1.09. The number of nitrogens with zero attached hydrogens (tertiary/aromatic N) is 2. The van der Waals surface area contributed by atoms with Crippen molar-refractivity contribution in [2.75, 3.05) is 12.3 Å². The molecule has 1 aromatic rings. The first-order valence-corrected chi connectivity index (χ1v) is 11.8. The minimum atomic E-state index is -5.35. The molecule has 20 heteroatoms. The van der Waals surface area contributed by atoms with Crippen LogP contribution in [0.15, 0.2) is 17.1 Å². The van der Waals surface area contributed by atoms with Gasteiger partial charge < -0.3 is 39.8 Å². The van der Waals surface area contributed by atoms with E-state index >= 15 is 0 Å². The molecule has 0 radical (unpaired) electrons. The summed E-state index contributed by atoms with van der Waals surface area (Å²) in [5.74, 6) is -0.221. The van der Waals surface area contributed by atoms with Crippen molar-refractivity contribution in [3.63, 3.8) is 0 Å². The predicted octanol–water partition coefficient (Wildman–Crippen LogP) is -2.21. The zero-order valence-corrected chi connectivity index (χ0v) is 16.6. The van der Waals surface area contributed by atoms with Crippen LogP contribution in [0.1, 0.15) is 6.23 Å². The lowest BCUT2D eigenvalue weighted by Gasteiger charge is -2.25. The number of phosphoric ester groups is 3. The molecule has 1 saturated heterocycles. The molecule has 1 aliphatic rings. The lowest BCUT2D eigenvalue weighted by atomic mass is 10.1. The fraction of sp³-hybridized carbons (Fsp3) is 0.556. The molecule has 0 amide bonds. The number of aromatic nitrogens is 2. The number of ether oxygens (including phenoxy) is 1. The molecule has 0 aliphatic carbocycles. The summed E-state index contributed by atoms with van der Waals surface area (Å²) >= 11 is 0. The topological polar surface area (TPSA) is 270 Å². The van der Waals surface area contributed by atoms with E-state index in [1.54, 1.807) is 0 Å². The highest BCUT2D eigenvalue weighted by molar-refractivity contribution is 7.46. The van der Waals surface area contributed by atoms with Crippen LogP contribution in [0.25, 0.3) is 0 Å². The third-order valence-electron chi connectivity index (χ3n) is 3.34. The number of hydrogen-bond acceptors (Lipinski definition) is 10. The molecule has 0 spiro atoms. The Kier molecular flexibility index (Phi) is 7.20. The summed E-state index contributed by atoms with van der Waals surface area (Å²) in [6.07, 6.45) is -6.65. The van der Waals surface area contributed by atoms with Gasteiger partial charge in [0.15, 0.2) is 6.23 Å². The quantitative estimate of drug-likeness (QED) is 0.193. The molecule has 0 saturated carbocycles. The summed E-state index contributed by atoms with van der Waals surface area (Å²) in [6.45, 7) is -1.05. The van der Waals surface area contributed by atoms with Gasteiger partial charge in [-0.05, 0) is 6.07 Å². The molecule has 0 aromatic carbocycles. The Balaban J connectivity index is 2.49. The van der Waals surface area contributed by atoms with Crippen LogP contribution in [-0.2, 0) is 32.0 Å². The van der Waals surface area contributed by atoms with Crippen LogP contribution >= 0.6 is 23.5 Å². The van der Waals surface area contributed by atoms with Gasteiger partial charge in [0.05, 0.1) is 6.61 Å². The zero-order chi connectivity index (χ0) is 22.2. The maximum atomic E-state index is 12.0. The van der Waals surface area contributed by atoms with Gasteiger partial charge in [0.1, 0.15) is 24.1 Å². The van der Waals surface area contributed by atoms with Crippen LogP contribution in [0.4, 0.5) is 5.82 Å². The normalized spacial score (nSPS) is 26.0. The summed E-state index contributed by atoms with van der Waals surface area (Å²) in [5.41, 5.74) is 4.24. The molecule has 1 aromatic heterocycles. The lowest BCUT2D eigenvalue weighted by molar-refractivity contribution is -0.0533. The molecule has 29 heavy (non-hydrogen) atoms. The van der Waals surface area contributed by atoms with Crippen molar-refractivity contribution in [2.45, 2.75) is 24.5 Å². The molecule has 1 aliphatic heterocycles. The number of rotatable bonds is 8. The lowest BCUT2D eigenvalue weighted by Crippen LogP contribution is -2.39. The summed E-state index contributed by atoms with van der Waals surface area (Å²) in [5, 5.41) is 0. The van der Waals surface area contributed by atoms with Crippen molar-refractivity contribution in [2.24, 2.45) is 0 Å². The summed E-state index contributed by atoms with van der Waals surface area (Å²) in [4.78, 5) is 69.4. The van der Waals surface area contributed by atoms with Crippen LogP contribution in [0.5, 0.6) is 0 Å². The molecule has 17 nitrogen and oxygen atoms in total. The maximum absolute atomic E-state index is 12.0. The average molecular weight is 483 g/mol. The number of nitrogens with two attached hydrogens (primary N) is 1. The van der Waals surface area contributed by atoms with Crippen molar-refractivity contribution in [3.8, 4) is 0 Å². The second-order valence-electron chi connectivity index (χ2n) is 5.51. The van der Waals surface area contributed by atoms with Crippen molar-refractivity contribution in [3.05, 3.63) is 22.7 Å². The van der Waals surface area contributed by atoms with Gasteiger partial charge in [-0.25, -0.2) is 18.5 Å². The largest absolute Gasteiger partial charge is 0.470 e. The van der Waals surface area contributed by atoms with Crippen LogP contribution in [0.3, 0.4) is 0 Å². The summed E-state index contributed by atoms with van der Waals surface area (Å²) < 4.78 is 52.5. The molecule has 2 heterocycles. The molecule has 4 atom stereocenters. The molecule has 1 fully saturated rings. The van der Waals surface area contributed by atoms with Gasteiger partial charge in [-0.1, -0.05) is 0 Å². The van der Waals surface area contributed by atoms with E-state index in [1.165, 1.54) is 0 Å². The van der Waals surface area contributed by atoms with E-state index in [4.69, 9.17) is 39.8 Å². The third-order valence-corrected chi connectivity index (χ3v) is 4.86. The van der Waals surface area contributed by atoms with E-state index in [0.29, 0.717) is 4.57 Å². The third kappa shape index (κ3) is 7.31. The minimum Gasteiger partial charge on any atom is -0.383 e. The van der Waals surface area contributed by atoms with E-state index in [-0.39, 0.29) is 5.82 Å². The predicted molar refractivity (Wildman–Crippen MR) is 88.6 cm³/mol. The molecule has 2 rings (SSSR count). The van der Waals surface area contributed by atoms with E-state index < -0.39 is 60.3 Å². The van der Waals surface area contributed by atoms with Gasteiger partial charge in [-0.3, -0.25) is 18.1 Å². The average Bonchev–Trinajstić information content (AvgIpc) is 2.79. The molecule has 0 bridgehead atoms. The fourth-order valence-corrected chi connectivity index (χ4v) is 3.87. The highest BCUT2D eigenvalue weighted by Gasteiger charge is 2.53. The van der Waals surface area contributed by atoms with Crippen molar-refractivity contribution < 1.29 is 61.4 Å². The van der Waals surface area contributed by atoms with Gasteiger partial charge in [0.2, 0.25) is 0 Å². The zero-order valence-electron chi connectivity index (χ0n) is 13.9. The van der Waals surface area contributed by atoms with E-state index in [1.807, 2.05) is 0 Å². The highest BCUT2D eigenvalue weighted by atomic mass is 31.2. The number of anilines is 1. The number of nitrogen functional groups attached to an aromatic ring is 1. The monoisotopic (exact) mass is 483 g/mol. The van der Waals surface area contributed by atoms with Gasteiger partial charge in [0, 0.05) is 6.20 Å². The Hall–Kier alpha value is -1.03. The smallest absolute Gasteiger partial charge is 0.383 e. The molecular formula is C9H16N3O14P3. The van der Waals surface area contributed by atoms with Crippen molar-refractivity contribution in [1.29, 1.82) is 0 Å². The molecule has 8 N–H and O–H groups in total. The highest BCUT2D eigenvalue weighted by Crippen LogP contribution is 2.50. The van der Waals surface area contributed by atoms with Crippen molar-refractivity contribution in [1.82, 2.24) is 9.55 Å². The first-order valence-electron chi connectivity index (χ1n) is 7.24. The van der Waals surface area contributed by atoms with E-state index in [0.717, 1.165) is 12.3 Å². The van der Waals surface area contributed by atoms with Crippen LogP contribution in [0.2, 0.25) is 0 Å². The van der Waals surface area contributed by atoms with Gasteiger partial charge in [-0.2, -0.15) is 4.98 Å². The number of phosphoric acid groups is 3. The second kappa shape index (κ2) is 8.61. The van der Waals surface area contributed by atoms with Crippen LogP contribution in [-0.4, -0.2) is 63.8 Å². The van der Waals surface area contributed by atoms with Gasteiger partial charge >= 0.3 is 29.2 Å². The first-order chi connectivity index (χ1) is 13.1. The van der Waals surface area contributed by atoms with E-state index in [9.17, 15) is 18.5 Å². The van der Waals surface area contributed by atoms with Crippen LogP contribution in [0, 0.1) is 0 Å². The maximum Gasteiger partial charge on any atom is 0.470 e. The second-order valence-corrected chi connectivity index (χ2v) is 9.14. The first kappa shape index (κ1) is 24.2. The Labute approximate surface area is 160 Å². The van der Waals surface area contributed by atoms with Gasteiger partial charge in [-0.15, -0.1) is 0 Å². The minimum absolute atomic E-state index is 0.221. The number of hydrogen-bond donors (Lipinski definition) is 7. The Morgan fingerprint density at radius 2 is 1.59 bits per heavy atom. The summed E-state index contributed by atoms with van der Waals surface area (Å²) in [7, 11) is -15.8. The Bertz CT molecular complexity index is 934. The van der Waals surface area contributed by atoms with Crippen molar-refractivity contribution >= 4 is 29.3 Å². The molecular weight excluding hydrogens is 467 g/mol. The molecule has 0 unspecified atom stereocenters. The van der Waals surface area contributed by atoms with E-state index in [2.05, 4.69) is 18.6 Å². The van der Waals surface area contributed by atoms with Crippen LogP contribution < -0.4 is 11.4 Å². The Morgan fingerprint density at radius 1 is 1.03 bits per heavy atom.